The Kier molecular flexibility index (Phi) is 9.70. The number of nitrogens with zero attached hydrogens (tertiary/aromatic N) is 2. The van der Waals surface area contributed by atoms with Crippen molar-refractivity contribution in [2.75, 3.05) is 13.7 Å². The van der Waals surface area contributed by atoms with Gasteiger partial charge in [-0.2, -0.15) is 5.10 Å². The van der Waals surface area contributed by atoms with E-state index in [4.69, 9.17) is 9.47 Å². The molecule has 174 valence electrons. The van der Waals surface area contributed by atoms with Crippen LogP contribution in [-0.2, 0) is 11.2 Å². The number of carbonyl (C=O) groups is 1. The van der Waals surface area contributed by atoms with E-state index in [0.717, 1.165) is 29.7 Å². The lowest BCUT2D eigenvalue weighted by molar-refractivity contribution is -0.117. The Balaban J connectivity index is 1.74. The molecule has 1 amide bonds. The van der Waals surface area contributed by atoms with E-state index in [0.29, 0.717) is 23.5 Å². The first kappa shape index (κ1) is 24.2. The van der Waals surface area contributed by atoms with Crippen molar-refractivity contribution in [2.45, 2.75) is 51.9 Å². The molecule has 1 aromatic heterocycles. The summed E-state index contributed by atoms with van der Waals surface area (Å²) in [5, 5.41) is 7.92. The fraction of sp³-hybridized carbons (Fsp3) is 0.370. The summed E-state index contributed by atoms with van der Waals surface area (Å²) in [4.78, 5) is 17.1. The fourth-order valence-electron chi connectivity index (χ4n) is 3.52. The van der Waals surface area contributed by atoms with Crippen molar-refractivity contribution >= 4 is 5.91 Å². The highest BCUT2D eigenvalue weighted by Crippen LogP contribution is 2.15. The molecule has 0 fully saturated rings. The van der Waals surface area contributed by atoms with Gasteiger partial charge in [0.2, 0.25) is 5.88 Å². The molecule has 3 aromatic rings. The van der Waals surface area contributed by atoms with Gasteiger partial charge in [0.15, 0.2) is 0 Å². The normalized spacial score (nSPS) is 11.4. The number of unbranched alkanes of at least 4 members (excludes halogenated alkanes) is 5. The number of carbonyl (C=O) groups excluding carboxylic acids is 1. The van der Waals surface area contributed by atoms with Crippen LogP contribution in [0.2, 0.25) is 0 Å². The molecule has 0 radical (unpaired) electrons. The van der Waals surface area contributed by atoms with E-state index in [9.17, 15) is 4.79 Å². The summed E-state index contributed by atoms with van der Waals surface area (Å²) in [6.45, 7) is 2.82. The number of aromatic nitrogens is 2. The minimum absolute atomic E-state index is 0.199. The second-order valence-electron chi connectivity index (χ2n) is 7.98. The van der Waals surface area contributed by atoms with E-state index in [-0.39, 0.29) is 12.3 Å². The summed E-state index contributed by atoms with van der Waals surface area (Å²) in [6, 6.07) is 18.9. The first-order chi connectivity index (χ1) is 16.2. The molecule has 3 rings (SSSR count). The van der Waals surface area contributed by atoms with Gasteiger partial charge in [0.05, 0.1) is 20.1 Å². The Labute approximate surface area is 195 Å². The van der Waals surface area contributed by atoms with E-state index in [1.807, 2.05) is 54.6 Å². The van der Waals surface area contributed by atoms with Gasteiger partial charge in [-0.15, -0.1) is 0 Å². The van der Waals surface area contributed by atoms with Gasteiger partial charge >= 0.3 is 0 Å². The number of H-pyrrole nitrogens is 1. The number of nitrogens with one attached hydrogen (secondary N) is 1. The zero-order valence-electron chi connectivity index (χ0n) is 19.5. The molecule has 0 atom stereocenters. The van der Waals surface area contributed by atoms with Crippen molar-refractivity contribution in [3.63, 3.8) is 0 Å². The van der Waals surface area contributed by atoms with E-state index in [2.05, 4.69) is 22.1 Å². The fourth-order valence-corrected chi connectivity index (χ4v) is 3.52. The number of hydrogen-bond acceptors (Lipinski definition) is 4. The Bertz CT molecular complexity index is 1060. The summed E-state index contributed by atoms with van der Waals surface area (Å²) in [6.07, 6.45) is 7.36. The molecular weight excluding hydrogens is 414 g/mol. The molecular formula is C27H33N3O3. The van der Waals surface area contributed by atoms with Gasteiger partial charge in [0, 0.05) is 11.6 Å². The van der Waals surface area contributed by atoms with Gasteiger partial charge in [-0.1, -0.05) is 81.5 Å². The summed E-state index contributed by atoms with van der Waals surface area (Å²) >= 11 is 0. The standard InChI is InChI=1S/C27H33N3O3/c1-3-4-5-6-7-11-18-33-26-20-24(27(30-29-26)22-12-9-8-10-13-22)28-25(31)19-21-14-16-23(32-2)17-15-21/h8-10,12-17,20H,3-7,11,18-19H2,1-2H3,(H,28,29,31). The SMILES string of the molecule is CCCCCCCCOc1cc(=NC(=O)Cc2ccc(OC)cc2)c(-c2ccccc2)n[nH]1. The maximum Gasteiger partial charge on any atom is 0.250 e. The number of aromatic amines is 1. The summed E-state index contributed by atoms with van der Waals surface area (Å²) < 4.78 is 11.0. The predicted molar refractivity (Wildman–Crippen MR) is 130 cm³/mol. The van der Waals surface area contributed by atoms with Gasteiger partial charge in [-0.25, -0.2) is 10.1 Å². The van der Waals surface area contributed by atoms with Crippen LogP contribution in [0.25, 0.3) is 11.3 Å². The third-order valence-corrected chi connectivity index (χ3v) is 5.35. The van der Waals surface area contributed by atoms with Gasteiger partial charge in [-0.3, -0.25) is 4.79 Å². The highest BCUT2D eigenvalue weighted by molar-refractivity contribution is 5.80. The van der Waals surface area contributed by atoms with Crippen LogP contribution in [0.15, 0.2) is 65.7 Å². The minimum Gasteiger partial charge on any atom is -0.497 e. The summed E-state index contributed by atoms with van der Waals surface area (Å²) in [5.41, 5.74) is 2.37. The molecule has 0 saturated carbocycles. The van der Waals surface area contributed by atoms with Gasteiger partial charge in [0.25, 0.3) is 5.91 Å². The monoisotopic (exact) mass is 447 g/mol. The number of hydrogen-bond donors (Lipinski definition) is 1. The van der Waals surface area contributed by atoms with Crippen LogP contribution in [0.4, 0.5) is 0 Å². The molecule has 0 saturated heterocycles. The lowest BCUT2D eigenvalue weighted by Crippen LogP contribution is -2.15. The second-order valence-corrected chi connectivity index (χ2v) is 7.98. The highest BCUT2D eigenvalue weighted by Gasteiger charge is 2.09. The smallest absolute Gasteiger partial charge is 0.250 e. The molecule has 0 bridgehead atoms. The number of ether oxygens (including phenoxy) is 2. The Morgan fingerprint density at radius 1 is 0.970 bits per heavy atom. The number of benzene rings is 2. The zero-order chi connectivity index (χ0) is 23.3. The highest BCUT2D eigenvalue weighted by atomic mass is 16.5. The van der Waals surface area contributed by atoms with Crippen LogP contribution in [0.5, 0.6) is 11.6 Å². The Hall–Kier alpha value is -3.41. The second kappa shape index (κ2) is 13.2. The first-order valence-electron chi connectivity index (χ1n) is 11.7. The largest absolute Gasteiger partial charge is 0.497 e. The van der Waals surface area contributed by atoms with Crippen molar-refractivity contribution < 1.29 is 14.3 Å². The van der Waals surface area contributed by atoms with Crippen molar-refractivity contribution in [2.24, 2.45) is 4.99 Å². The lowest BCUT2D eigenvalue weighted by atomic mass is 10.1. The van der Waals surface area contributed by atoms with Crippen LogP contribution in [0, 0.1) is 0 Å². The van der Waals surface area contributed by atoms with Gasteiger partial charge in [0.1, 0.15) is 16.8 Å². The molecule has 2 aromatic carbocycles. The van der Waals surface area contributed by atoms with Crippen molar-refractivity contribution in [3.8, 4) is 22.9 Å². The molecule has 6 heteroatoms. The quantitative estimate of drug-likeness (QED) is 0.372. The summed E-state index contributed by atoms with van der Waals surface area (Å²) in [5.74, 6) is 1.02. The third kappa shape index (κ3) is 7.90. The molecule has 6 nitrogen and oxygen atoms in total. The molecule has 0 unspecified atom stereocenters. The Morgan fingerprint density at radius 2 is 1.70 bits per heavy atom. The number of methoxy groups -OCH3 is 1. The van der Waals surface area contributed by atoms with Crippen LogP contribution in [0.3, 0.4) is 0 Å². The number of amides is 1. The molecule has 0 spiro atoms. The average Bonchev–Trinajstić information content (AvgIpc) is 2.84. The molecule has 0 aliphatic rings. The maximum absolute atomic E-state index is 12.7. The first-order valence-corrected chi connectivity index (χ1v) is 11.7. The summed E-state index contributed by atoms with van der Waals surface area (Å²) in [7, 11) is 1.62. The van der Waals surface area contributed by atoms with E-state index < -0.39 is 0 Å². The maximum atomic E-state index is 12.7. The third-order valence-electron chi connectivity index (χ3n) is 5.35. The van der Waals surface area contributed by atoms with Crippen LogP contribution in [-0.4, -0.2) is 29.8 Å². The number of rotatable bonds is 12. The van der Waals surface area contributed by atoms with E-state index >= 15 is 0 Å². The van der Waals surface area contributed by atoms with Crippen LogP contribution >= 0.6 is 0 Å². The molecule has 1 N–H and O–H groups in total. The van der Waals surface area contributed by atoms with Crippen molar-refractivity contribution in [1.82, 2.24) is 10.2 Å². The lowest BCUT2D eigenvalue weighted by Gasteiger charge is -2.08. The van der Waals surface area contributed by atoms with Gasteiger partial charge in [-0.05, 0) is 24.1 Å². The van der Waals surface area contributed by atoms with Crippen LogP contribution in [0.1, 0.15) is 51.0 Å². The average molecular weight is 448 g/mol. The van der Waals surface area contributed by atoms with Crippen molar-refractivity contribution in [3.05, 3.63) is 71.6 Å². The Morgan fingerprint density at radius 3 is 2.42 bits per heavy atom. The van der Waals surface area contributed by atoms with E-state index in [1.165, 1.54) is 25.7 Å². The molecule has 33 heavy (non-hydrogen) atoms. The molecule has 0 aliphatic carbocycles. The van der Waals surface area contributed by atoms with Crippen LogP contribution < -0.4 is 14.8 Å². The minimum atomic E-state index is -0.243. The van der Waals surface area contributed by atoms with E-state index in [1.54, 1.807) is 13.2 Å². The zero-order valence-corrected chi connectivity index (χ0v) is 19.5. The van der Waals surface area contributed by atoms with Gasteiger partial charge < -0.3 is 9.47 Å². The predicted octanol–water partition coefficient (Wildman–Crippen LogP) is 5.49. The molecule has 0 aliphatic heterocycles. The van der Waals surface area contributed by atoms with Crippen molar-refractivity contribution in [1.29, 1.82) is 0 Å². The molecule has 1 heterocycles. The topological polar surface area (TPSA) is 76.6 Å².